The van der Waals surface area contributed by atoms with Crippen LogP contribution in [0.1, 0.15) is 44.2 Å². The van der Waals surface area contributed by atoms with E-state index in [0.29, 0.717) is 6.10 Å². The fraction of sp³-hybridized carbons (Fsp3) is 0.556. The van der Waals surface area contributed by atoms with Crippen molar-refractivity contribution in [2.75, 3.05) is 6.61 Å². The molecule has 2 heteroatoms. The van der Waals surface area contributed by atoms with Crippen molar-refractivity contribution in [2.24, 2.45) is 11.8 Å². The first-order valence-electron chi connectivity index (χ1n) is 7.45. The summed E-state index contributed by atoms with van der Waals surface area (Å²) >= 11 is 0. The first-order chi connectivity index (χ1) is 9.58. The van der Waals surface area contributed by atoms with Crippen LogP contribution in [0.2, 0.25) is 0 Å². The van der Waals surface area contributed by atoms with E-state index in [1.807, 2.05) is 18.2 Å². The fourth-order valence-corrected chi connectivity index (χ4v) is 3.15. The topological polar surface area (TPSA) is 29.5 Å². The van der Waals surface area contributed by atoms with Crippen LogP contribution in [0.4, 0.5) is 0 Å². The minimum Gasteiger partial charge on any atom is -0.490 e. The number of rotatable bonds is 2. The number of aliphatic hydroxyl groups excluding tert-OH is 1. The summed E-state index contributed by atoms with van der Waals surface area (Å²) in [5, 5.41) is 8.72. The van der Waals surface area contributed by atoms with Crippen molar-refractivity contribution < 1.29 is 9.84 Å². The van der Waals surface area contributed by atoms with Gasteiger partial charge in [-0.2, -0.15) is 0 Å². The average Bonchev–Trinajstić information content (AvgIpc) is 2.38. The molecule has 2 nitrogen and oxygen atoms in total. The van der Waals surface area contributed by atoms with Crippen molar-refractivity contribution >= 4 is 0 Å². The third-order valence-corrected chi connectivity index (χ3v) is 3.92. The molecule has 0 saturated heterocycles. The van der Waals surface area contributed by atoms with Gasteiger partial charge in [0.1, 0.15) is 12.4 Å². The number of hydrogen-bond acceptors (Lipinski definition) is 2. The Balaban J connectivity index is 2.06. The molecule has 1 fully saturated rings. The van der Waals surface area contributed by atoms with Crippen LogP contribution in [-0.2, 0) is 0 Å². The summed E-state index contributed by atoms with van der Waals surface area (Å²) in [6.07, 6.45) is 3.95. The Bertz CT molecular complexity index is 500. The third-order valence-electron chi connectivity index (χ3n) is 3.92. The van der Waals surface area contributed by atoms with Gasteiger partial charge >= 0.3 is 0 Å². The summed E-state index contributed by atoms with van der Waals surface area (Å²) in [6, 6.07) is 5.98. The van der Waals surface area contributed by atoms with Gasteiger partial charge in [0.15, 0.2) is 0 Å². The van der Waals surface area contributed by atoms with E-state index in [2.05, 4.69) is 32.6 Å². The molecule has 1 aliphatic rings. The van der Waals surface area contributed by atoms with Crippen molar-refractivity contribution in [3.05, 3.63) is 29.3 Å². The lowest BCUT2D eigenvalue weighted by Crippen LogP contribution is -2.28. The van der Waals surface area contributed by atoms with Gasteiger partial charge in [0, 0.05) is 5.56 Å². The van der Waals surface area contributed by atoms with Gasteiger partial charge in [0.2, 0.25) is 0 Å². The van der Waals surface area contributed by atoms with E-state index in [9.17, 15) is 0 Å². The smallest absolute Gasteiger partial charge is 0.122 e. The second-order valence-corrected chi connectivity index (χ2v) is 6.10. The van der Waals surface area contributed by atoms with Gasteiger partial charge in [-0.1, -0.05) is 25.7 Å². The van der Waals surface area contributed by atoms with E-state index in [0.717, 1.165) is 41.6 Å². The van der Waals surface area contributed by atoms with Gasteiger partial charge in [-0.3, -0.25) is 0 Å². The zero-order valence-corrected chi connectivity index (χ0v) is 12.6. The highest BCUT2D eigenvalue weighted by Crippen LogP contribution is 2.32. The maximum atomic E-state index is 8.72. The highest BCUT2D eigenvalue weighted by atomic mass is 16.5. The summed E-state index contributed by atoms with van der Waals surface area (Å²) in [5.41, 5.74) is 2.04. The Morgan fingerprint density at radius 2 is 1.90 bits per heavy atom. The Morgan fingerprint density at radius 3 is 2.50 bits per heavy atom. The molecule has 108 valence electrons. The number of hydrogen-bond donors (Lipinski definition) is 1. The van der Waals surface area contributed by atoms with Crippen LogP contribution in [0.15, 0.2) is 18.2 Å². The zero-order valence-electron chi connectivity index (χ0n) is 12.6. The molecule has 0 radical (unpaired) electrons. The van der Waals surface area contributed by atoms with Crippen LogP contribution >= 0.6 is 0 Å². The van der Waals surface area contributed by atoms with Crippen molar-refractivity contribution in [3.8, 4) is 17.6 Å². The van der Waals surface area contributed by atoms with Crippen molar-refractivity contribution in [3.63, 3.8) is 0 Å². The molecule has 1 saturated carbocycles. The van der Waals surface area contributed by atoms with Crippen LogP contribution in [0, 0.1) is 30.6 Å². The van der Waals surface area contributed by atoms with E-state index in [-0.39, 0.29) is 6.61 Å². The lowest BCUT2D eigenvalue weighted by atomic mass is 9.82. The summed E-state index contributed by atoms with van der Waals surface area (Å²) in [4.78, 5) is 0. The molecule has 1 N–H and O–H groups in total. The molecule has 0 aromatic heterocycles. The summed E-state index contributed by atoms with van der Waals surface area (Å²) < 4.78 is 6.19. The van der Waals surface area contributed by atoms with E-state index >= 15 is 0 Å². The molecule has 0 aliphatic heterocycles. The second kappa shape index (κ2) is 6.81. The first-order valence-corrected chi connectivity index (χ1v) is 7.45. The van der Waals surface area contributed by atoms with Gasteiger partial charge in [0.05, 0.1) is 6.10 Å². The molecule has 2 unspecified atom stereocenters. The highest BCUT2D eigenvalue weighted by Gasteiger charge is 2.25. The lowest BCUT2D eigenvalue weighted by Gasteiger charge is -2.32. The predicted molar refractivity (Wildman–Crippen MR) is 81.7 cm³/mol. The molecule has 0 spiro atoms. The van der Waals surface area contributed by atoms with Crippen LogP contribution in [0.5, 0.6) is 5.75 Å². The SMILES string of the molecule is Cc1cc(C#CCO)ccc1OC1CC(C)CC(C)C1. The number of benzene rings is 1. The molecule has 0 amide bonds. The van der Waals surface area contributed by atoms with Crippen molar-refractivity contribution in [1.82, 2.24) is 0 Å². The van der Waals surface area contributed by atoms with Gasteiger partial charge in [-0.25, -0.2) is 0 Å². The van der Waals surface area contributed by atoms with E-state index in [4.69, 9.17) is 9.84 Å². The third kappa shape index (κ3) is 4.02. The molecule has 0 heterocycles. The van der Waals surface area contributed by atoms with Gasteiger partial charge < -0.3 is 9.84 Å². The lowest BCUT2D eigenvalue weighted by molar-refractivity contribution is 0.100. The van der Waals surface area contributed by atoms with Crippen molar-refractivity contribution in [2.45, 2.75) is 46.1 Å². The molecular weight excluding hydrogens is 248 g/mol. The van der Waals surface area contributed by atoms with Gasteiger partial charge in [0.25, 0.3) is 0 Å². The minimum absolute atomic E-state index is 0.102. The average molecular weight is 272 g/mol. The molecule has 2 rings (SSSR count). The Kier molecular flexibility index (Phi) is 5.09. The molecule has 1 aromatic carbocycles. The monoisotopic (exact) mass is 272 g/mol. The van der Waals surface area contributed by atoms with E-state index in [1.165, 1.54) is 6.42 Å². The Hall–Kier alpha value is -1.46. The predicted octanol–water partition coefficient (Wildman–Crippen LogP) is 3.54. The second-order valence-electron chi connectivity index (χ2n) is 6.10. The maximum Gasteiger partial charge on any atom is 0.122 e. The van der Waals surface area contributed by atoms with Crippen LogP contribution in [0.3, 0.4) is 0 Å². The van der Waals surface area contributed by atoms with E-state index in [1.54, 1.807) is 0 Å². The minimum atomic E-state index is -0.102. The molecule has 20 heavy (non-hydrogen) atoms. The molecule has 1 aromatic rings. The zero-order chi connectivity index (χ0) is 14.5. The standard InChI is InChI=1S/C18H24O2/c1-13-9-14(2)11-17(10-13)20-18-7-6-16(5-4-8-19)12-15(18)3/h6-7,12-14,17,19H,8-11H2,1-3H3. The van der Waals surface area contributed by atoms with Gasteiger partial charge in [-0.15, -0.1) is 0 Å². The first kappa shape index (κ1) is 14.9. The van der Waals surface area contributed by atoms with Crippen LogP contribution in [0.25, 0.3) is 0 Å². The fourth-order valence-electron chi connectivity index (χ4n) is 3.15. The summed E-state index contributed by atoms with van der Waals surface area (Å²) in [5.74, 6) is 8.05. The molecule has 2 atom stereocenters. The molecular formula is C18H24O2. The van der Waals surface area contributed by atoms with E-state index < -0.39 is 0 Å². The Labute approximate surface area is 122 Å². The normalized spacial score (nSPS) is 25.7. The number of aryl methyl sites for hydroxylation is 1. The number of ether oxygens (including phenoxy) is 1. The summed E-state index contributed by atoms with van der Waals surface area (Å²) in [6.45, 7) is 6.57. The van der Waals surface area contributed by atoms with Crippen LogP contribution in [-0.4, -0.2) is 17.8 Å². The molecule has 0 bridgehead atoms. The van der Waals surface area contributed by atoms with Gasteiger partial charge in [-0.05, 0) is 61.8 Å². The quantitative estimate of drug-likeness (QED) is 0.834. The Morgan fingerprint density at radius 1 is 1.20 bits per heavy atom. The number of aliphatic hydroxyl groups is 1. The van der Waals surface area contributed by atoms with Crippen LogP contribution < -0.4 is 4.74 Å². The maximum absolute atomic E-state index is 8.72. The highest BCUT2D eigenvalue weighted by molar-refractivity contribution is 5.43. The molecule has 1 aliphatic carbocycles. The summed E-state index contributed by atoms with van der Waals surface area (Å²) in [7, 11) is 0. The largest absolute Gasteiger partial charge is 0.490 e. The van der Waals surface area contributed by atoms with Crippen molar-refractivity contribution in [1.29, 1.82) is 0 Å².